The molecule has 1 unspecified atom stereocenters. The van der Waals surface area contributed by atoms with Gasteiger partial charge in [-0.05, 0) is 31.4 Å². The van der Waals surface area contributed by atoms with Crippen LogP contribution in [0.15, 0.2) is 24.3 Å². The Morgan fingerprint density at radius 2 is 2.24 bits per heavy atom. The number of halogens is 1. The number of aryl methyl sites for hydroxylation is 1. The third-order valence-corrected chi connectivity index (χ3v) is 3.14. The van der Waals surface area contributed by atoms with Crippen LogP contribution in [-0.4, -0.2) is 29.8 Å². The zero-order chi connectivity index (χ0) is 12.5. The first-order valence-electron chi connectivity index (χ1n) is 5.76. The van der Waals surface area contributed by atoms with Crippen molar-refractivity contribution >= 4 is 11.7 Å². The number of nitrogens with zero attached hydrogens (tertiary/aromatic N) is 1. The van der Waals surface area contributed by atoms with E-state index in [0.717, 1.165) is 25.5 Å². The van der Waals surface area contributed by atoms with Crippen LogP contribution in [0.2, 0.25) is 0 Å². The smallest absolute Gasteiger partial charge is 0.343 e. The van der Waals surface area contributed by atoms with Crippen molar-refractivity contribution in [1.29, 1.82) is 0 Å². The predicted octanol–water partition coefficient (Wildman–Crippen LogP) is 2.25. The second-order valence-electron chi connectivity index (χ2n) is 4.66. The lowest BCUT2D eigenvalue weighted by Gasteiger charge is -2.34. The zero-order valence-corrected chi connectivity index (χ0v) is 9.82. The molecule has 0 amide bonds. The van der Waals surface area contributed by atoms with E-state index in [-0.39, 0.29) is 6.54 Å². The van der Waals surface area contributed by atoms with E-state index in [1.807, 2.05) is 29.2 Å². The lowest BCUT2D eigenvalue weighted by Crippen LogP contribution is -2.45. The van der Waals surface area contributed by atoms with E-state index in [1.165, 1.54) is 5.56 Å². The molecule has 0 aromatic heterocycles. The number of rotatable bonds is 3. The number of aliphatic carboxylic acids is 1. The van der Waals surface area contributed by atoms with Gasteiger partial charge in [0.1, 0.15) is 0 Å². The number of alkyl halides is 1. The number of hydrogen-bond donors (Lipinski definition) is 1. The summed E-state index contributed by atoms with van der Waals surface area (Å²) < 4.78 is 13.9. The number of para-hydroxylation sites is 1. The van der Waals surface area contributed by atoms with Crippen LogP contribution in [0.5, 0.6) is 0 Å². The van der Waals surface area contributed by atoms with Gasteiger partial charge in [0.2, 0.25) is 5.67 Å². The van der Waals surface area contributed by atoms with Gasteiger partial charge in [-0.15, -0.1) is 0 Å². The molecule has 2 rings (SSSR count). The molecule has 17 heavy (non-hydrogen) atoms. The van der Waals surface area contributed by atoms with Crippen LogP contribution in [0.4, 0.5) is 10.1 Å². The first-order valence-corrected chi connectivity index (χ1v) is 5.76. The molecule has 0 aliphatic carbocycles. The van der Waals surface area contributed by atoms with Gasteiger partial charge in [-0.25, -0.2) is 9.18 Å². The Morgan fingerprint density at radius 1 is 1.53 bits per heavy atom. The summed E-state index contributed by atoms with van der Waals surface area (Å²) in [7, 11) is 0. The standard InChI is InChI=1S/C13H16FNO2/c1-13(14,12(16)17)9-15-8-4-6-10-5-2-3-7-11(10)15/h2-3,5,7H,4,6,8-9H2,1H3,(H,16,17). The number of anilines is 1. The SMILES string of the molecule is CC(F)(CN1CCCc2ccccc21)C(=O)O. The maximum atomic E-state index is 13.9. The topological polar surface area (TPSA) is 40.5 Å². The molecule has 0 spiro atoms. The molecule has 1 N–H and O–H groups in total. The van der Waals surface area contributed by atoms with Gasteiger partial charge in [-0.1, -0.05) is 18.2 Å². The molecule has 3 nitrogen and oxygen atoms in total. The Bertz CT molecular complexity index is 431. The van der Waals surface area contributed by atoms with E-state index >= 15 is 0 Å². The largest absolute Gasteiger partial charge is 0.479 e. The van der Waals surface area contributed by atoms with Crippen molar-refractivity contribution < 1.29 is 14.3 Å². The average molecular weight is 237 g/mol. The minimum atomic E-state index is -2.20. The molecule has 0 saturated carbocycles. The van der Waals surface area contributed by atoms with Gasteiger partial charge in [0.15, 0.2) is 0 Å². The molecule has 1 atom stereocenters. The summed E-state index contributed by atoms with van der Waals surface area (Å²) in [4.78, 5) is 12.6. The maximum Gasteiger partial charge on any atom is 0.343 e. The van der Waals surface area contributed by atoms with Gasteiger partial charge in [0, 0.05) is 12.2 Å². The predicted molar refractivity (Wildman–Crippen MR) is 64.1 cm³/mol. The van der Waals surface area contributed by atoms with E-state index < -0.39 is 11.6 Å². The molecular weight excluding hydrogens is 221 g/mol. The van der Waals surface area contributed by atoms with Crippen LogP contribution in [0.25, 0.3) is 0 Å². The lowest BCUT2D eigenvalue weighted by molar-refractivity contribution is -0.149. The van der Waals surface area contributed by atoms with Crippen LogP contribution in [0, 0.1) is 0 Å². The van der Waals surface area contributed by atoms with Gasteiger partial charge in [-0.2, -0.15) is 0 Å². The summed E-state index contributed by atoms with van der Waals surface area (Å²) in [5.74, 6) is -1.40. The molecule has 0 saturated heterocycles. The second-order valence-corrected chi connectivity index (χ2v) is 4.66. The summed E-state index contributed by atoms with van der Waals surface area (Å²) in [5.41, 5.74) is -0.0754. The number of benzene rings is 1. The monoisotopic (exact) mass is 237 g/mol. The minimum Gasteiger partial charge on any atom is -0.479 e. The second kappa shape index (κ2) is 4.35. The fourth-order valence-corrected chi connectivity index (χ4v) is 2.20. The summed E-state index contributed by atoms with van der Waals surface area (Å²) in [6, 6.07) is 7.78. The third kappa shape index (κ3) is 2.40. The quantitative estimate of drug-likeness (QED) is 0.876. The maximum absolute atomic E-state index is 13.9. The van der Waals surface area contributed by atoms with Crippen molar-refractivity contribution in [3.63, 3.8) is 0 Å². The highest BCUT2D eigenvalue weighted by Gasteiger charge is 2.36. The van der Waals surface area contributed by atoms with E-state index in [9.17, 15) is 9.18 Å². The fourth-order valence-electron chi connectivity index (χ4n) is 2.20. The molecule has 0 radical (unpaired) electrons. The van der Waals surface area contributed by atoms with Gasteiger partial charge in [0.05, 0.1) is 6.54 Å². The van der Waals surface area contributed by atoms with Crippen LogP contribution in [0.1, 0.15) is 18.9 Å². The zero-order valence-electron chi connectivity index (χ0n) is 9.82. The summed E-state index contributed by atoms with van der Waals surface area (Å²) in [6.07, 6.45) is 1.91. The highest BCUT2D eigenvalue weighted by Crippen LogP contribution is 2.28. The molecule has 1 aromatic carbocycles. The molecular formula is C13H16FNO2. The molecule has 4 heteroatoms. The van der Waals surface area contributed by atoms with Crippen LogP contribution in [0.3, 0.4) is 0 Å². The van der Waals surface area contributed by atoms with Gasteiger partial charge in [-0.3, -0.25) is 0 Å². The molecule has 0 fully saturated rings. The van der Waals surface area contributed by atoms with Crippen LogP contribution in [-0.2, 0) is 11.2 Å². The summed E-state index contributed by atoms with van der Waals surface area (Å²) in [6.45, 7) is 1.73. The average Bonchev–Trinajstić information content (AvgIpc) is 2.29. The van der Waals surface area contributed by atoms with E-state index in [0.29, 0.717) is 6.54 Å². The van der Waals surface area contributed by atoms with E-state index in [1.54, 1.807) is 0 Å². The van der Waals surface area contributed by atoms with Crippen molar-refractivity contribution in [3.8, 4) is 0 Å². The Hall–Kier alpha value is -1.58. The fraction of sp³-hybridized carbons (Fsp3) is 0.462. The van der Waals surface area contributed by atoms with Crippen molar-refractivity contribution in [2.75, 3.05) is 18.0 Å². The van der Waals surface area contributed by atoms with Crippen LogP contribution < -0.4 is 4.90 Å². The molecule has 1 aromatic rings. The number of fused-ring (bicyclic) bond motifs is 1. The Labute approximate surface area is 99.9 Å². The van der Waals surface area contributed by atoms with Crippen molar-refractivity contribution in [1.82, 2.24) is 0 Å². The lowest BCUT2D eigenvalue weighted by atomic mass is 9.99. The molecule has 92 valence electrons. The molecule has 1 aliphatic heterocycles. The van der Waals surface area contributed by atoms with Gasteiger partial charge in [0.25, 0.3) is 0 Å². The van der Waals surface area contributed by atoms with Gasteiger partial charge >= 0.3 is 5.97 Å². The molecule has 1 heterocycles. The minimum absolute atomic E-state index is 0.0979. The number of hydrogen-bond acceptors (Lipinski definition) is 2. The van der Waals surface area contributed by atoms with E-state index in [2.05, 4.69) is 0 Å². The highest BCUT2D eigenvalue weighted by molar-refractivity contribution is 5.78. The molecule has 0 bridgehead atoms. The Kier molecular flexibility index (Phi) is 3.05. The number of carboxylic acid groups (broad SMARTS) is 1. The van der Waals surface area contributed by atoms with Crippen molar-refractivity contribution in [2.24, 2.45) is 0 Å². The highest BCUT2D eigenvalue weighted by atomic mass is 19.1. The summed E-state index contributed by atoms with van der Waals surface area (Å²) >= 11 is 0. The Morgan fingerprint density at radius 3 is 2.94 bits per heavy atom. The summed E-state index contributed by atoms with van der Waals surface area (Å²) in [5, 5.41) is 8.82. The van der Waals surface area contributed by atoms with E-state index in [4.69, 9.17) is 5.11 Å². The number of carboxylic acids is 1. The number of carbonyl (C=O) groups is 1. The first-order chi connectivity index (χ1) is 8.00. The van der Waals surface area contributed by atoms with Crippen molar-refractivity contribution in [2.45, 2.75) is 25.4 Å². The third-order valence-electron chi connectivity index (χ3n) is 3.14. The normalized spacial score (nSPS) is 18.4. The van der Waals surface area contributed by atoms with Crippen LogP contribution >= 0.6 is 0 Å². The molecule has 1 aliphatic rings. The van der Waals surface area contributed by atoms with Gasteiger partial charge < -0.3 is 10.0 Å². The first kappa shape index (κ1) is 11.9. The Balaban J connectivity index is 2.22. The van der Waals surface area contributed by atoms with Crippen molar-refractivity contribution in [3.05, 3.63) is 29.8 Å².